The number of hydrogen-bond acceptors (Lipinski definition) is 6. The van der Waals surface area contributed by atoms with E-state index in [1.807, 2.05) is 47.4 Å². The first-order valence-electron chi connectivity index (χ1n) is 12.2. The van der Waals surface area contributed by atoms with Crippen molar-refractivity contribution in [3.63, 3.8) is 0 Å². The number of aromatic nitrogens is 1. The van der Waals surface area contributed by atoms with Gasteiger partial charge in [-0.15, -0.1) is 0 Å². The standard InChI is InChI=1S/C29H28ClN3O5/c1-37-21-10-8-18(25(34)14-21)15-33-16-20(13-24(33)29(36)38-2)31-28(35)27-26(17-6-4-3-5-7-17)22-12-19(30)9-11-23(22)32-27/h3-12,14,20,24,32,34H,13,15-16H2,1-2H3,(H,31,35)/t20-,24-/m0/s1. The molecule has 0 unspecified atom stereocenters. The Morgan fingerprint density at radius 1 is 1.11 bits per heavy atom. The molecule has 1 amide bonds. The van der Waals surface area contributed by atoms with Gasteiger partial charge in [-0.1, -0.05) is 48.0 Å². The number of H-pyrrole nitrogens is 1. The molecule has 1 aliphatic heterocycles. The number of nitrogens with one attached hydrogen (secondary N) is 2. The number of ether oxygens (including phenoxy) is 2. The Bertz CT molecular complexity index is 1490. The number of aromatic hydroxyl groups is 1. The minimum absolute atomic E-state index is 0.0738. The van der Waals surface area contributed by atoms with Crippen LogP contribution in [0.2, 0.25) is 5.02 Å². The number of benzene rings is 3. The van der Waals surface area contributed by atoms with Gasteiger partial charge in [-0.05, 0) is 36.2 Å². The molecule has 1 aliphatic rings. The maximum absolute atomic E-state index is 13.6. The fourth-order valence-electron chi connectivity index (χ4n) is 5.08. The predicted molar refractivity (Wildman–Crippen MR) is 145 cm³/mol. The van der Waals surface area contributed by atoms with E-state index >= 15 is 0 Å². The number of carbonyl (C=O) groups is 2. The highest BCUT2D eigenvalue weighted by molar-refractivity contribution is 6.31. The lowest BCUT2D eigenvalue weighted by molar-refractivity contribution is -0.146. The average Bonchev–Trinajstić information content (AvgIpc) is 3.50. The molecule has 38 heavy (non-hydrogen) atoms. The molecule has 0 saturated carbocycles. The highest BCUT2D eigenvalue weighted by Gasteiger charge is 2.39. The summed E-state index contributed by atoms with van der Waals surface area (Å²) in [6, 6.07) is 19.3. The lowest BCUT2D eigenvalue weighted by Gasteiger charge is -2.22. The van der Waals surface area contributed by atoms with Crippen molar-refractivity contribution in [3.05, 3.63) is 83.0 Å². The third-order valence-electron chi connectivity index (χ3n) is 6.93. The minimum atomic E-state index is -0.568. The van der Waals surface area contributed by atoms with Crippen LogP contribution < -0.4 is 10.1 Å². The number of phenols is 1. The summed E-state index contributed by atoms with van der Waals surface area (Å²) in [4.78, 5) is 31.4. The molecule has 1 fully saturated rings. The normalized spacial score (nSPS) is 17.4. The minimum Gasteiger partial charge on any atom is -0.507 e. The summed E-state index contributed by atoms with van der Waals surface area (Å²) in [5, 5.41) is 15.0. The van der Waals surface area contributed by atoms with Crippen LogP contribution in [0, 0.1) is 0 Å². The molecule has 0 aliphatic carbocycles. The number of likely N-dealkylation sites (tertiary alicyclic amines) is 1. The number of nitrogens with zero attached hydrogens (tertiary/aromatic N) is 1. The summed E-state index contributed by atoms with van der Waals surface area (Å²) >= 11 is 6.29. The van der Waals surface area contributed by atoms with E-state index in [0.717, 1.165) is 22.0 Å². The highest BCUT2D eigenvalue weighted by atomic mass is 35.5. The van der Waals surface area contributed by atoms with E-state index in [0.29, 0.717) is 41.5 Å². The summed E-state index contributed by atoms with van der Waals surface area (Å²) in [5.74, 6) is -0.0558. The zero-order chi connectivity index (χ0) is 26.8. The van der Waals surface area contributed by atoms with Crippen LogP contribution in [0.15, 0.2) is 66.7 Å². The van der Waals surface area contributed by atoms with Gasteiger partial charge in [0, 0.05) is 52.3 Å². The van der Waals surface area contributed by atoms with E-state index in [2.05, 4.69) is 10.3 Å². The monoisotopic (exact) mass is 533 g/mol. The van der Waals surface area contributed by atoms with Gasteiger partial charge in [0.25, 0.3) is 5.91 Å². The third-order valence-corrected chi connectivity index (χ3v) is 7.16. The number of hydrogen-bond donors (Lipinski definition) is 3. The number of methoxy groups -OCH3 is 2. The predicted octanol–water partition coefficient (Wildman–Crippen LogP) is 4.75. The molecule has 3 N–H and O–H groups in total. The largest absolute Gasteiger partial charge is 0.507 e. The molecule has 8 nitrogen and oxygen atoms in total. The molecule has 2 atom stereocenters. The van der Waals surface area contributed by atoms with Crippen LogP contribution >= 0.6 is 11.6 Å². The Labute approximate surface area is 225 Å². The first-order valence-corrected chi connectivity index (χ1v) is 12.6. The fourth-order valence-corrected chi connectivity index (χ4v) is 5.26. The molecular formula is C29H28ClN3O5. The van der Waals surface area contributed by atoms with E-state index in [1.54, 1.807) is 18.2 Å². The Morgan fingerprint density at radius 2 is 1.89 bits per heavy atom. The SMILES string of the molecule is COC(=O)[C@@H]1C[C@H](NC(=O)c2[nH]c3ccc(Cl)cc3c2-c2ccccc2)CN1Cc1ccc(OC)cc1O. The van der Waals surface area contributed by atoms with Crippen molar-refractivity contribution < 1.29 is 24.2 Å². The van der Waals surface area contributed by atoms with Crippen molar-refractivity contribution in [3.8, 4) is 22.6 Å². The third kappa shape index (κ3) is 5.05. The zero-order valence-corrected chi connectivity index (χ0v) is 21.8. The zero-order valence-electron chi connectivity index (χ0n) is 21.0. The molecular weight excluding hydrogens is 506 g/mol. The summed E-state index contributed by atoms with van der Waals surface area (Å²) in [6.45, 7) is 0.714. The van der Waals surface area contributed by atoms with Crippen LogP contribution in [-0.2, 0) is 16.1 Å². The Balaban J connectivity index is 1.41. The van der Waals surface area contributed by atoms with Crippen LogP contribution in [0.25, 0.3) is 22.0 Å². The lowest BCUT2D eigenvalue weighted by atomic mass is 10.0. The summed E-state index contributed by atoms with van der Waals surface area (Å²) in [7, 11) is 2.87. The molecule has 4 aromatic rings. The molecule has 3 aromatic carbocycles. The van der Waals surface area contributed by atoms with Gasteiger partial charge in [0.1, 0.15) is 23.2 Å². The van der Waals surface area contributed by atoms with E-state index < -0.39 is 6.04 Å². The average molecular weight is 534 g/mol. The molecule has 0 radical (unpaired) electrons. The number of aromatic amines is 1. The Morgan fingerprint density at radius 3 is 2.61 bits per heavy atom. The number of rotatable bonds is 7. The summed E-state index contributed by atoms with van der Waals surface area (Å²) in [6.07, 6.45) is 0.377. The van der Waals surface area contributed by atoms with Crippen LogP contribution in [0.1, 0.15) is 22.5 Å². The Kier molecular flexibility index (Phi) is 7.26. The van der Waals surface area contributed by atoms with Crippen LogP contribution in [0.4, 0.5) is 0 Å². The van der Waals surface area contributed by atoms with Gasteiger partial charge < -0.3 is 24.9 Å². The number of fused-ring (bicyclic) bond motifs is 1. The highest BCUT2D eigenvalue weighted by Crippen LogP contribution is 2.34. The fraction of sp³-hybridized carbons (Fsp3) is 0.241. The van der Waals surface area contributed by atoms with E-state index in [1.165, 1.54) is 20.3 Å². The first-order chi connectivity index (χ1) is 18.4. The van der Waals surface area contributed by atoms with Crippen LogP contribution in [-0.4, -0.2) is 59.7 Å². The van der Waals surface area contributed by atoms with Crippen molar-refractivity contribution >= 4 is 34.4 Å². The number of amides is 1. The topological polar surface area (TPSA) is 104 Å². The molecule has 0 bridgehead atoms. The van der Waals surface area contributed by atoms with Crippen LogP contribution in [0.3, 0.4) is 0 Å². The molecule has 9 heteroatoms. The smallest absolute Gasteiger partial charge is 0.323 e. The molecule has 1 saturated heterocycles. The summed E-state index contributed by atoms with van der Waals surface area (Å²) in [5.41, 5.74) is 3.53. The van der Waals surface area contributed by atoms with Gasteiger partial charge in [-0.2, -0.15) is 0 Å². The van der Waals surface area contributed by atoms with Crippen molar-refractivity contribution in [2.24, 2.45) is 0 Å². The number of carbonyl (C=O) groups excluding carboxylic acids is 2. The first kappa shape index (κ1) is 25.6. The lowest BCUT2D eigenvalue weighted by Crippen LogP contribution is -2.38. The number of phenolic OH excluding ortho intramolecular Hbond substituents is 1. The van der Waals surface area contributed by atoms with Gasteiger partial charge >= 0.3 is 5.97 Å². The van der Waals surface area contributed by atoms with Gasteiger partial charge in [0.2, 0.25) is 0 Å². The van der Waals surface area contributed by atoms with E-state index in [-0.39, 0.29) is 23.7 Å². The Hall–Kier alpha value is -4.01. The van der Waals surface area contributed by atoms with Gasteiger partial charge in [-0.25, -0.2) is 0 Å². The van der Waals surface area contributed by atoms with Crippen molar-refractivity contribution in [2.75, 3.05) is 20.8 Å². The van der Waals surface area contributed by atoms with Crippen molar-refractivity contribution in [1.29, 1.82) is 0 Å². The molecule has 2 heterocycles. The van der Waals surface area contributed by atoms with Crippen molar-refractivity contribution in [1.82, 2.24) is 15.2 Å². The van der Waals surface area contributed by atoms with Gasteiger partial charge in [0.15, 0.2) is 0 Å². The second kappa shape index (κ2) is 10.8. The maximum Gasteiger partial charge on any atom is 0.323 e. The maximum atomic E-state index is 13.6. The van der Waals surface area contributed by atoms with Gasteiger partial charge in [0.05, 0.1) is 14.2 Å². The molecule has 5 rings (SSSR count). The molecule has 1 aromatic heterocycles. The summed E-state index contributed by atoms with van der Waals surface area (Å²) < 4.78 is 10.2. The quantitative estimate of drug-likeness (QED) is 0.296. The number of halogens is 1. The van der Waals surface area contributed by atoms with E-state index in [4.69, 9.17) is 21.1 Å². The molecule has 196 valence electrons. The van der Waals surface area contributed by atoms with E-state index in [9.17, 15) is 14.7 Å². The van der Waals surface area contributed by atoms with Gasteiger partial charge in [-0.3, -0.25) is 14.5 Å². The molecule has 0 spiro atoms. The second-order valence-corrected chi connectivity index (χ2v) is 9.74. The second-order valence-electron chi connectivity index (χ2n) is 9.30. The van der Waals surface area contributed by atoms with Crippen LogP contribution in [0.5, 0.6) is 11.5 Å². The van der Waals surface area contributed by atoms with Crippen molar-refractivity contribution in [2.45, 2.75) is 25.0 Å². The number of esters is 1.